The zero-order valence-electron chi connectivity index (χ0n) is 11.1. The van der Waals surface area contributed by atoms with Crippen LogP contribution in [0.15, 0.2) is 36.4 Å². The van der Waals surface area contributed by atoms with Crippen molar-refractivity contribution in [1.82, 2.24) is 0 Å². The van der Waals surface area contributed by atoms with Crippen LogP contribution in [0.3, 0.4) is 0 Å². The summed E-state index contributed by atoms with van der Waals surface area (Å²) in [6.07, 6.45) is 0. The van der Waals surface area contributed by atoms with E-state index in [1.807, 2.05) is 6.92 Å². The molecule has 0 spiro atoms. The lowest BCUT2D eigenvalue weighted by atomic mass is 10.1. The third kappa shape index (κ3) is 3.39. The molecule has 1 atom stereocenters. The van der Waals surface area contributed by atoms with E-state index in [0.717, 1.165) is 11.8 Å². The summed E-state index contributed by atoms with van der Waals surface area (Å²) >= 11 is 6.02. The van der Waals surface area contributed by atoms with Crippen LogP contribution in [0.4, 0.5) is 14.5 Å². The molecule has 0 heterocycles. The molecular weight excluding hydrogens is 284 g/mol. The second kappa shape index (κ2) is 6.09. The SMILES string of the molecule is COc1ccc(NC(C)c2cc(F)cc(F)c2)cc1Cl. The summed E-state index contributed by atoms with van der Waals surface area (Å²) < 4.78 is 31.4. The molecule has 0 aliphatic heterocycles. The fourth-order valence-electron chi connectivity index (χ4n) is 1.91. The maximum Gasteiger partial charge on any atom is 0.137 e. The van der Waals surface area contributed by atoms with Gasteiger partial charge in [0.2, 0.25) is 0 Å². The number of anilines is 1. The monoisotopic (exact) mass is 297 g/mol. The van der Waals surface area contributed by atoms with E-state index in [1.165, 1.54) is 19.2 Å². The van der Waals surface area contributed by atoms with Crippen molar-refractivity contribution in [3.8, 4) is 5.75 Å². The first kappa shape index (κ1) is 14.6. The minimum absolute atomic E-state index is 0.260. The van der Waals surface area contributed by atoms with Gasteiger partial charge in [-0.3, -0.25) is 0 Å². The molecule has 106 valence electrons. The highest BCUT2D eigenvalue weighted by Gasteiger charge is 2.10. The largest absolute Gasteiger partial charge is 0.495 e. The van der Waals surface area contributed by atoms with Crippen LogP contribution in [0, 0.1) is 11.6 Å². The van der Waals surface area contributed by atoms with E-state index in [1.54, 1.807) is 18.2 Å². The number of halogens is 3. The number of methoxy groups -OCH3 is 1. The Morgan fingerprint density at radius 3 is 2.30 bits per heavy atom. The van der Waals surface area contributed by atoms with Crippen molar-refractivity contribution in [1.29, 1.82) is 0 Å². The van der Waals surface area contributed by atoms with Crippen molar-refractivity contribution in [3.63, 3.8) is 0 Å². The fraction of sp³-hybridized carbons (Fsp3) is 0.200. The summed E-state index contributed by atoms with van der Waals surface area (Å²) in [6.45, 7) is 1.81. The standard InChI is InChI=1S/C15H14ClF2NO/c1-9(10-5-11(17)7-12(18)6-10)19-13-3-4-15(20-2)14(16)8-13/h3-9,19H,1-2H3. The van der Waals surface area contributed by atoms with E-state index in [4.69, 9.17) is 16.3 Å². The maximum absolute atomic E-state index is 13.2. The Hall–Kier alpha value is -1.81. The van der Waals surface area contributed by atoms with E-state index >= 15 is 0 Å². The van der Waals surface area contributed by atoms with Crippen LogP contribution in [0.2, 0.25) is 5.02 Å². The highest BCUT2D eigenvalue weighted by Crippen LogP contribution is 2.29. The van der Waals surface area contributed by atoms with Gasteiger partial charge in [0, 0.05) is 17.8 Å². The summed E-state index contributed by atoms with van der Waals surface area (Å²) in [5, 5.41) is 3.60. The molecule has 0 aromatic heterocycles. The van der Waals surface area contributed by atoms with Gasteiger partial charge < -0.3 is 10.1 Å². The zero-order valence-corrected chi connectivity index (χ0v) is 11.8. The molecule has 2 aromatic carbocycles. The Kier molecular flexibility index (Phi) is 4.45. The molecule has 0 saturated carbocycles. The number of hydrogen-bond acceptors (Lipinski definition) is 2. The highest BCUT2D eigenvalue weighted by molar-refractivity contribution is 6.32. The quantitative estimate of drug-likeness (QED) is 0.875. The first-order valence-electron chi connectivity index (χ1n) is 6.05. The number of rotatable bonds is 4. The van der Waals surface area contributed by atoms with Gasteiger partial charge in [0.25, 0.3) is 0 Å². The number of hydrogen-bond donors (Lipinski definition) is 1. The molecule has 20 heavy (non-hydrogen) atoms. The van der Waals surface area contributed by atoms with E-state index in [2.05, 4.69) is 5.32 Å². The number of benzene rings is 2. The van der Waals surface area contributed by atoms with Crippen LogP contribution >= 0.6 is 11.6 Å². The van der Waals surface area contributed by atoms with Gasteiger partial charge in [0.1, 0.15) is 17.4 Å². The molecule has 2 aromatic rings. The lowest BCUT2D eigenvalue weighted by Crippen LogP contribution is -2.07. The van der Waals surface area contributed by atoms with Crippen molar-refractivity contribution in [2.45, 2.75) is 13.0 Å². The van der Waals surface area contributed by atoms with Gasteiger partial charge in [0.05, 0.1) is 12.1 Å². The summed E-state index contributed by atoms with van der Waals surface area (Å²) in [5.41, 5.74) is 1.27. The second-order valence-corrected chi connectivity index (χ2v) is 4.83. The van der Waals surface area contributed by atoms with Crippen LogP contribution in [0.25, 0.3) is 0 Å². The van der Waals surface area contributed by atoms with Gasteiger partial charge in [-0.25, -0.2) is 8.78 Å². The smallest absolute Gasteiger partial charge is 0.137 e. The molecule has 0 amide bonds. The zero-order chi connectivity index (χ0) is 14.7. The van der Waals surface area contributed by atoms with Crippen molar-refractivity contribution in [2.75, 3.05) is 12.4 Å². The Morgan fingerprint density at radius 2 is 1.75 bits per heavy atom. The van der Waals surface area contributed by atoms with E-state index in [9.17, 15) is 8.78 Å². The maximum atomic E-state index is 13.2. The summed E-state index contributed by atoms with van der Waals surface area (Å²) in [5.74, 6) is -0.621. The molecular formula is C15H14ClF2NO. The Labute approximate surface area is 121 Å². The minimum atomic E-state index is -0.596. The molecule has 0 aliphatic rings. The van der Waals surface area contributed by atoms with E-state index in [-0.39, 0.29) is 6.04 Å². The predicted octanol–water partition coefficient (Wildman–Crippen LogP) is 4.80. The van der Waals surface area contributed by atoms with Gasteiger partial charge in [-0.05, 0) is 42.8 Å². The third-order valence-corrected chi connectivity index (χ3v) is 3.22. The van der Waals surface area contributed by atoms with Crippen LogP contribution < -0.4 is 10.1 Å². The average molecular weight is 298 g/mol. The van der Waals surface area contributed by atoms with Crippen LogP contribution in [-0.2, 0) is 0 Å². The average Bonchev–Trinajstić information content (AvgIpc) is 2.37. The molecule has 0 aliphatic carbocycles. The van der Waals surface area contributed by atoms with Crippen LogP contribution in [-0.4, -0.2) is 7.11 Å². The predicted molar refractivity (Wildman–Crippen MR) is 76.4 cm³/mol. The second-order valence-electron chi connectivity index (χ2n) is 4.42. The third-order valence-electron chi connectivity index (χ3n) is 2.92. The Balaban J connectivity index is 2.18. The lowest BCUT2D eigenvalue weighted by molar-refractivity contribution is 0.415. The van der Waals surface area contributed by atoms with Gasteiger partial charge >= 0.3 is 0 Å². The molecule has 0 fully saturated rings. The molecule has 1 N–H and O–H groups in total. The fourth-order valence-corrected chi connectivity index (χ4v) is 2.17. The van der Waals surface area contributed by atoms with Gasteiger partial charge in [-0.2, -0.15) is 0 Å². The molecule has 1 unspecified atom stereocenters. The number of nitrogens with one attached hydrogen (secondary N) is 1. The summed E-state index contributed by atoms with van der Waals surface area (Å²) in [7, 11) is 1.53. The molecule has 5 heteroatoms. The lowest BCUT2D eigenvalue weighted by Gasteiger charge is -2.16. The first-order chi connectivity index (χ1) is 9.49. The van der Waals surface area contributed by atoms with Crippen LogP contribution in [0.1, 0.15) is 18.5 Å². The summed E-state index contributed by atoms with van der Waals surface area (Å²) in [6, 6.07) is 8.40. The topological polar surface area (TPSA) is 21.3 Å². The van der Waals surface area contributed by atoms with Gasteiger partial charge in [-0.15, -0.1) is 0 Å². The van der Waals surface area contributed by atoms with Crippen molar-refractivity contribution in [2.24, 2.45) is 0 Å². The van der Waals surface area contributed by atoms with E-state index in [0.29, 0.717) is 16.3 Å². The van der Waals surface area contributed by atoms with Gasteiger partial charge in [0.15, 0.2) is 0 Å². The van der Waals surface area contributed by atoms with Crippen molar-refractivity contribution in [3.05, 3.63) is 58.6 Å². The number of ether oxygens (including phenoxy) is 1. The van der Waals surface area contributed by atoms with Crippen molar-refractivity contribution < 1.29 is 13.5 Å². The highest BCUT2D eigenvalue weighted by atomic mass is 35.5. The van der Waals surface area contributed by atoms with Gasteiger partial charge in [-0.1, -0.05) is 11.6 Å². The molecule has 0 bridgehead atoms. The molecule has 2 nitrogen and oxygen atoms in total. The molecule has 2 rings (SSSR count). The molecule has 0 saturated heterocycles. The van der Waals surface area contributed by atoms with Crippen LogP contribution in [0.5, 0.6) is 5.75 Å². The summed E-state index contributed by atoms with van der Waals surface area (Å²) in [4.78, 5) is 0. The van der Waals surface area contributed by atoms with Crippen molar-refractivity contribution >= 4 is 17.3 Å². The Morgan fingerprint density at radius 1 is 1.10 bits per heavy atom. The normalized spacial score (nSPS) is 12.1. The molecule has 0 radical (unpaired) electrons. The van der Waals surface area contributed by atoms with E-state index < -0.39 is 11.6 Å². The first-order valence-corrected chi connectivity index (χ1v) is 6.43. The minimum Gasteiger partial charge on any atom is -0.495 e. The Bertz CT molecular complexity index is 599.